The van der Waals surface area contributed by atoms with Gasteiger partial charge in [0.25, 0.3) is 10.0 Å². The van der Waals surface area contributed by atoms with Crippen molar-refractivity contribution in [2.45, 2.75) is 24.1 Å². The van der Waals surface area contributed by atoms with Crippen molar-refractivity contribution in [2.75, 3.05) is 10.8 Å². The van der Waals surface area contributed by atoms with Crippen LogP contribution >= 0.6 is 0 Å². The summed E-state index contributed by atoms with van der Waals surface area (Å²) in [6.45, 7) is 1.000. The fourth-order valence-electron chi connectivity index (χ4n) is 2.22. The van der Waals surface area contributed by atoms with Crippen molar-refractivity contribution < 1.29 is 26.7 Å². The number of halogens is 3. The molecule has 8 heteroatoms. The molecule has 2 aromatic carbocycles. The van der Waals surface area contributed by atoms with Gasteiger partial charge in [-0.15, -0.1) is 0 Å². The molecule has 0 bridgehead atoms. The topological polar surface area (TPSA) is 57.6 Å². The highest BCUT2D eigenvalue weighted by molar-refractivity contribution is 7.92. The first-order valence-corrected chi connectivity index (χ1v) is 8.50. The minimum absolute atomic E-state index is 0.176. The van der Waals surface area contributed by atoms with Crippen molar-refractivity contribution in [3.8, 4) is 0 Å². The number of benzene rings is 2. The summed E-state index contributed by atoms with van der Waals surface area (Å²) in [6, 6.07) is 11.7. The number of anilines is 1. The van der Waals surface area contributed by atoms with Crippen molar-refractivity contribution >= 4 is 15.7 Å². The summed E-state index contributed by atoms with van der Waals surface area (Å²) in [5.74, 6) is 0. The molecule has 0 amide bonds. The van der Waals surface area contributed by atoms with Gasteiger partial charge in [-0.25, -0.2) is 8.42 Å². The minimum atomic E-state index is -4.81. The lowest BCUT2D eigenvalue weighted by Gasteiger charge is -2.27. The molecule has 0 heterocycles. The van der Waals surface area contributed by atoms with Gasteiger partial charge in [0, 0.05) is 0 Å². The molecule has 1 atom stereocenters. The Morgan fingerprint density at radius 3 is 2.12 bits per heavy atom. The number of alkyl halides is 3. The van der Waals surface area contributed by atoms with Gasteiger partial charge in [0.2, 0.25) is 0 Å². The molecule has 0 radical (unpaired) electrons. The van der Waals surface area contributed by atoms with Crippen LogP contribution < -0.4 is 4.31 Å². The molecular formula is C16H16F3NO3S. The van der Waals surface area contributed by atoms with Crippen LogP contribution in [-0.2, 0) is 16.2 Å². The van der Waals surface area contributed by atoms with Gasteiger partial charge in [0.1, 0.15) is 0 Å². The van der Waals surface area contributed by atoms with E-state index in [0.29, 0.717) is 0 Å². The largest absolute Gasteiger partial charge is 0.417 e. The van der Waals surface area contributed by atoms with Crippen LogP contribution in [-0.4, -0.2) is 26.2 Å². The second kappa shape index (κ2) is 6.82. The van der Waals surface area contributed by atoms with Crippen LogP contribution in [0.25, 0.3) is 0 Å². The molecule has 1 unspecified atom stereocenters. The summed E-state index contributed by atoms with van der Waals surface area (Å²) in [5, 5.41) is 9.60. The number of hydrogen-bond donors (Lipinski definition) is 1. The predicted molar refractivity (Wildman–Crippen MR) is 84.1 cm³/mol. The van der Waals surface area contributed by atoms with E-state index in [0.717, 1.165) is 22.5 Å². The summed E-state index contributed by atoms with van der Waals surface area (Å²) in [5.41, 5.74) is -1.06. The summed E-state index contributed by atoms with van der Waals surface area (Å²) in [7, 11) is -4.51. The van der Waals surface area contributed by atoms with Crippen molar-refractivity contribution in [1.29, 1.82) is 0 Å². The molecule has 0 aliphatic carbocycles. The van der Waals surface area contributed by atoms with E-state index in [9.17, 15) is 26.7 Å². The Morgan fingerprint density at radius 2 is 1.58 bits per heavy atom. The van der Waals surface area contributed by atoms with Gasteiger partial charge < -0.3 is 5.11 Å². The highest BCUT2D eigenvalue weighted by atomic mass is 32.2. The van der Waals surface area contributed by atoms with Gasteiger partial charge in [-0.05, 0) is 31.2 Å². The van der Waals surface area contributed by atoms with E-state index in [1.54, 1.807) is 18.2 Å². The van der Waals surface area contributed by atoms with Gasteiger partial charge in [0.15, 0.2) is 0 Å². The molecule has 0 aromatic heterocycles. The van der Waals surface area contributed by atoms with Crippen molar-refractivity contribution in [3.63, 3.8) is 0 Å². The zero-order chi connectivity index (χ0) is 18.0. The number of aliphatic hydroxyl groups excluding tert-OH is 1. The Morgan fingerprint density at radius 1 is 1.04 bits per heavy atom. The van der Waals surface area contributed by atoms with Crippen LogP contribution in [0.1, 0.15) is 12.5 Å². The van der Waals surface area contributed by atoms with E-state index in [-0.39, 0.29) is 12.2 Å². The molecule has 0 saturated heterocycles. The number of aliphatic hydroxyl groups is 1. The van der Waals surface area contributed by atoms with Crippen LogP contribution in [0.15, 0.2) is 59.5 Å². The van der Waals surface area contributed by atoms with E-state index < -0.39 is 32.8 Å². The Bertz CT molecular complexity index is 790. The predicted octanol–water partition coefficient (Wildman–Crippen LogP) is 3.28. The average Bonchev–Trinajstić information content (AvgIpc) is 2.52. The van der Waals surface area contributed by atoms with Crippen LogP contribution in [0, 0.1) is 0 Å². The van der Waals surface area contributed by atoms with E-state index in [4.69, 9.17) is 0 Å². The quantitative estimate of drug-likeness (QED) is 0.891. The lowest BCUT2D eigenvalue weighted by Crippen LogP contribution is -2.37. The molecule has 1 N–H and O–H groups in total. The molecule has 0 aliphatic heterocycles. The third-order valence-electron chi connectivity index (χ3n) is 3.23. The first kappa shape index (κ1) is 18.3. The van der Waals surface area contributed by atoms with Crippen molar-refractivity contribution in [1.82, 2.24) is 0 Å². The maximum atomic E-state index is 13.2. The summed E-state index contributed by atoms with van der Waals surface area (Å²) in [6.07, 6.45) is -5.87. The number of sulfonamides is 1. The highest BCUT2D eigenvalue weighted by Gasteiger charge is 2.39. The molecule has 0 aliphatic rings. The number of hydrogen-bond acceptors (Lipinski definition) is 3. The first-order chi connectivity index (χ1) is 11.1. The zero-order valence-corrected chi connectivity index (χ0v) is 13.6. The smallest absolute Gasteiger partial charge is 0.392 e. The van der Waals surface area contributed by atoms with Gasteiger partial charge >= 0.3 is 6.18 Å². The lowest BCUT2D eigenvalue weighted by atomic mass is 10.2. The average molecular weight is 359 g/mol. The van der Waals surface area contributed by atoms with Gasteiger partial charge in [-0.3, -0.25) is 4.31 Å². The van der Waals surface area contributed by atoms with Crippen LogP contribution in [0.5, 0.6) is 0 Å². The van der Waals surface area contributed by atoms with E-state index in [1.807, 2.05) is 0 Å². The first-order valence-electron chi connectivity index (χ1n) is 7.06. The Kier molecular flexibility index (Phi) is 5.19. The summed E-state index contributed by atoms with van der Waals surface area (Å²) < 4.78 is 66.0. The number of para-hydroxylation sites is 1. The molecule has 24 heavy (non-hydrogen) atoms. The molecule has 2 rings (SSSR count). The Hall–Kier alpha value is -2.06. The lowest BCUT2D eigenvalue weighted by molar-refractivity contribution is -0.139. The minimum Gasteiger partial charge on any atom is -0.392 e. The third kappa shape index (κ3) is 3.88. The highest BCUT2D eigenvalue weighted by Crippen LogP contribution is 2.36. The normalized spacial score (nSPS) is 13.5. The molecule has 0 saturated carbocycles. The summed E-state index contributed by atoms with van der Waals surface area (Å²) >= 11 is 0. The van der Waals surface area contributed by atoms with Crippen molar-refractivity contribution in [3.05, 3.63) is 60.2 Å². The maximum Gasteiger partial charge on any atom is 0.417 e. The molecule has 4 nitrogen and oxygen atoms in total. The second-order valence-corrected chi connectivity index (χ2v) is 7.05. The molecule has 0 fully saturated rings. The SMILES string of the molecule is CC(O)CN(c1ccccc1)S(=O)(=O)c1ccccc1C(F)(F)F. The Balaban J connectivity index is 2.62. The standard InChI is InChI=1S/C16H16F3NO3S/c1-12(21)11-20(13-7-3-2-4-8-13)24(22,23)15-10-6-5-9-14(15)16(17,18)19/h2-10,12,21H,11H2,1H3. The monoisotopic (exact) mass is 359 g/mol. The van der Waals surface area contributed by atoms with Crippen LogP contribution in [0.3, 0.4) is 0 Å². The zero-order valence-electron chi connectivity index (χ0n) is 12.7. The van der Waals surface area contributed by atoms with Gasteiger partial charge in [-0.1, -0.05) is 30.3 Å². The van der Waals surface area contributed by atoms with Gasteiger partial charge in [0.05, 0.1) is 28.8 Å². The van der Waals surface area contributed by atoms with E-state index in [2.05, 4.69) is 0 Å². The van der Waals surface area contributed by atoms with E-state index >= 15 is 0 Å². The molecule has 0 spiro atoms. The molecule has 2 aromatic rings. The number of rotatable bonds is 5. The van der Waals surface area contributed by atoms with Crippen LogP contribution in [0.4, 0.5) is 18.9 Å². The summed E-state index contributed by atoms with van der Waals surface area (Å²) in [4.78, 5) is -0.845. The molecule has 130 valence electrons. The second-order valence-electron chi connectivity index (χ2n) is 5.21. The van der Waals surface area contributed by atoms with Crippen molar-refractivity contribution in [2.24, 2.45) is 0 Å². The number of nitrogens with zero attached hydrogens (tertiary/aromatic N) is 1. The van der Waals surface area contributed by atoms with Crippen LogP contribution in [0.2, 0.25) is 0 Å². The van der Waals surface area contributed by atoms with Gasteiger partial charge in [-0.2, -0.15) is 13.2 Å². The molecular weight excluding hydrogens is 343 g/mol. The Labute approximate surface area is 138 Å². The fraction of sp³-hybridized carbons (Fsp3) is 0.250. The fourth-order valence-corrected chi connectivity index (χ4v) is 3.98. The third-order valence-corrected chi connectivity index (χ3v) is 5.09. The maximum absolute atomic E-state index is 13.2. The van der Waals surface area contributed by atoms with E-state index in [1.165, 1.54) is 25.1 Å².